The number of allylic oxidation sites excluding steroid dienone is 1. The van der Waals surface area contributed by atoms with Crippen LogP contribution in [0.1, 0.15) is 23.5 Å². The Balaban J connectivity index is 1.89. The van der Waals surface area contributed by atoms with E-state index in [4.69, 9.17) is 0 Å². The molecule has 0 bridgehead atoms. The molecule has 1 N–H and O–H groups in total. The van der Waals surface area contributed by atoms with E-state index in [1.165, 1.54) is 5.56 Å². The van der Waals surface area contributed by atoms with Crippen LogP contribution < -0.4 is 0 Å². The summed E-state index contributed by atoms with van der Waals surface area (Å²) in [5.74, 6) is 0.871. The Kier molecular flexibility index (Phi) is 2.45. The first-order valence-electron chi connectivity index (χ1n) is 5.88. The van der Waals surface area contributed by atoms with E-state index in [0.717, 1.165) is 17.6 Å². The molecule has 1 fully saturated rings. The van der Waals surface area contributed by atoms with Gasteiger partial charge in [0.25, 0.3) is 0 Å². The summed E-state index contributed by atoms with van der Waals surface area (Å²) < 4.78 is 0. The lowest BCUT2D eigenvalue weighted by Gasteiger charge is -1.99. The van der Waals surface area contributed by atoms with E-state index >= 15 is 0 Å². The van der Waals surface area contributed by atoms with E-state index < -0.39 is 0 Å². The van der Waals surface area contributed by atoms with Crippen molar-refractivity contribution in [2.24, 2.45) is 0 Å². The number of aliphatic hydroxyl groups excluding tert-OH is 1. The standard InChI is InChI=1S/C16H14O/c17-16(13-9-5-2-6-10-13)15-11-14(15)12-7-3-1-4-8-12/h1-10,14,17H,11H2/b16-15-. The fourth-order valence-corrected chi connectivity index (χ4v) is 2.21. The van der Waals surface area contributed by atoms with E-state index in [-0.39, 0.29) is 0 Å². The molecular weight excluding hydrogens is 208 g/mol. The number of aliphatic hydroxyl groups is 1. The molecule has 2 aromatic rings. The zero-order chi connectivity index (χ0) is 11.7. The topological polar surface area (TPSA) is 20.2 Å². The van der Waals surface area contributed by atoms with Gasteiger partial charge in [-0.05, 0) is 17.6 Å². The van der Waals surface area contributed by atoms with Gasteiger partial charge in [-0.1, -0.05) is 60.7 Å². The lowest BCUT2D eigenvalue weighted by Crippen LogP contribution is -1.83. The molecule has 1 atom stereocenters. The monoisotopic (exact) mass is 222 g/mol. The van der Waals surface area contributed by atoms with E-state index in [1.807, 2.05) is 48.5 Å². The van der Waals surface area contributed by atoms with Crippen LogP contribution in [0.4, 0.5) is 0 Å². The van der Waals surface area contributed by atoms with Crippen LogP contribution in [0.25, 0.3) is 5.76 Å². The van der Waals surface area contributed by atoms with Gasteiger partial charge >= 0.3 is 0 Å². The SMILES string of the molecule is O/C(=C1/CC1c1ccccc1)c1ccccc1. The Bertz CT molecular complexity index is 540. The van der Waals surface area contributed by atoms with Gasteiger partial charge in [0.2, 0.25) is 0 Å². The van der Waals surface area contributed by atoms with E-state index in [1.54, 1.807) is 0 Å². The van der Waals surface area contributed by atoms with Crippen LogP contribution in [0.5, 0.6) is 0 Å². The molecule has 1 aliphatic rings. The second kappa shape index (κ2) is 4.10. The molecule has 0 amide bonds. The van der Waals surface area contributed by atoms with Crippen molar-refractivity contribution >= 4 is 5.76 Å². The lowest BCUT2D eigenvalue weighted by molar-refractivity contribution is 0.509. The third-order valence-corrected chi connectivity index (χ3v) is 3.24. The van der Waals surface area contributed by atoms with Crippen LogP contribution in [0.3, 0.4) is 0 Å². The highest BCUT2D eigenvalue weighted by atomic mass is 16.3. The van der Waals surface area contributed by atoms with Crippen molar-refractivity contribution in [3.8, 4) is 0 Å². The minimum absolute atomic E-state index is 0.413. The molecule has 1 aliphatic carbocycles. The molecule has 0 saturated heterocycles. The molecule has 84 valence electrons. The average molecular weight is 222 g/mol. The van der Waals surface area contributed by atoms with Crippen LogP contribution in [-0.2, 0) is 0 Å². The van der Waals surface area contributed by atoms with Crippen molar-refractivity contribution in [3.05, 3.63) is 77.4 Å². The molecule has 3 rings (SSSR count). The van der Waals surface area contributed by atoms with E-state index in [2.05, 4.69) is 12.1 Å². The fourth-order valence-electron chi connectivity index (χ4n) is 2.21. The molecule has 0 radical (unpaired) electrons. The normalized spacial score (nSPS) is 21.1. The number of benzene rings is 2. The third-order valence-electron chi connectivity index (χ3n) is 3.24. The molecule has 1 unspecified atom stereocenters. The molecule has 0 aliphatic heterocycles. The fraction of sp³-hybridized carbons (Fsp3) is 0.125. The van der Waals surface area contributed by atoms with Crippen molar-refractivity contribution in [2.75, 3.05) is 0 Å². The molecule has 0 heterocycles. The van der Waals surface area contributed by atoms with Crippen LogP contribution in [-0.4, -0.2) is 5.11 Å². The summed E-state index contributed by atoms with van der Waals surface area (Å²) in [4.78, 5) is 0. The Morgan fingerprint density at radius 2 is 1.47 bits per heavy atom. The quantitative estimate of drug-likeness (QED) is 0.757. The first kappa shape index (κ1) is 10.2. The second-order valence-electron chi connectivity index (χ2n) is 4.41. The number of hydrogen-bond donors (Lipinski definition) is 1. The highest BCUT2D eigenvalue weighted by Gasteiger charge is 2.34. The van der Waals surface area contributed by atoms with E-state index in [9.17, 15) is 5.11 Å². The Hall–Kier alpha value is -2.02. The van der Waals surface area contributed by atoms with Gasteiger partial charge in [0.05, 0.1) is 0 Å². The van der Waals surface area contributed by atoms with Gasteiger partial charge in [-0.3, -0.25) is 0 Å². The smallest absolute Gasteiger partial charge is 0.122 e. The second-order valence-corrected chi connectivity index (χ2v) is 4.41. The summed E-state index contributed by atoms with van der Waals surface area (Å²) >= 11 is 0. The van der Waals surface area contributed by atoms with Crippen LogP contribution >= 0.6 is 0 Å². The van der Waals surface area contributed by atoms with Crippen LogP contribution in [0, 0.1) is 0 Å². The summed E-state index contributed by atoms with van der Waals surface area (Å²) in [5, 5.41) is 10.2. The molecule has 1 nitrogen and oxygen atoms in total. The van der Waals surface area contributed by atoms with Crippen molar-refractivity contribution in [1.82, 2.24) is 0 Å². The van der Waals surface area contributed by atoms with Crippen LogP contribution in [0.2, 0.25) is 0 Å². The first-order valence-corrected chi connectivity index (χ1v) is 5.88. The maximum Gasteiger partial charge on any atom is 0.122 e. The molecule has 2 aromatic carbocycles. The number of rotatable bonds is 2. The molecular formula is C16H14O. The average Bonchev–Trinajstić information content (AvgIpc) is 3.20. The third kappa shape index (κ3) is 1.96. The van der Waals surface area contributed by atoms with Crippen molar-refractivity contribution in [2.45, 2.75) is 12.3 Å². The van der Waals surface area contributed by atoms with Crippen LogP contribution in [0.15, 0.2) is 66.2 Å². The summed E-state index contributed by atoms with van der Waals surface area (Å²) in [5.41, 5.74) is 3.37. The molecule has 1 heteroatoms. The molecule has 17 heavy (non-hydrogen) atoms. The van der Waals surface area contributed by atoms with Crippen molar-refractivity contribution in [3.63, 3.8) is 0 Å². The summed E-state index contributed by atoms with van der Waals surface area (Å²) in [7, 11) is 0. The summed E-state index contributed by atoms with van der Waals surface area (Å²) in [6.45, 7) is 0. The van der Waals surface area contributed by atoms with Gasteiger partial charge in [0, 0.05) is 11.5 Å². The van der Waals surface area contributed by atoms with Gasteiger partial charge in [0.15, 0.2) is 0 Å². The summed E-state index contributed by atoms with van der Waals surface area (Å²) in [6.07, 6.45) is 0.977. The minimum Gasteiger partial charge on any atom is -0.507 e. The summed E-state index contributed by atoms with van der Waals surface area (Å²) in [6, 6.07) is 20.1. The van der Waals surface area contributed by atoms with E-state index in [0.29, 0.717) is 11.7 Å². The minimum atomic E-state index is 0.413. The maximum atomic E-state index is 10.2. The molecule has 1 saturated carbocycles. The lowest BCUT2D eigenvalue weighted by atomic mass is 10.1. The number of hydrogen-bond acceptors (Lipinski definition) is 1. The first-order chi connectivity index (χ1) is 8.36. The van der Waals surface area contributed by atoms with Gasteiger partial charge < -0.3 is 5.11 Å². The van der Waals surface area contributed by atoms with Gasteiger partial charge in [-0.15, -0.1) is 0 Å². The van der Waals surface area contributed by atoms with Gasteiger partial charge in [-0.2, -0.15) is 0 Å². The maximum absolute atomic E-state index is 10.2. The molecule has 0 spiro atoms. The highest BCUT2D eigenvalue weighted by Crippen LogP contribution is 2.49. The molecule has 0 aromatic heterocycles. The highest BCUT2D eigenvalue weighted by molar-refractivity contribution is 5.68. The Morgan fingerprint density at radius 1 is 0.882 bits per heavy atom. The van der Waals surface area contributed by atoms with Crippen molar-refractivity contribution < 1.29 is 5.11 Å². The zero-order valence-electron chi connectivity index (χ0n) is 9.51. The van der Waals surface area contributed by atoms with Crippen molar-refractivity contribution in [1.29, 1.82) is 0 Å². The Labute approximate surface area is 101 Å². The van der Waals surface area contributed by atoms with Gasteiger partial charge in [0.1, 0.15) is 5.76 Å². The zero-order valence-corrected chi connectivity index (χ0v) is 9.51. The van der Waals surface area contributed by atoms with Gasteiger partial charge in [-0.25, -0.2) is 0 Å². The largest absolute Gasteiger partial charge is 0.507 e. The predicted octanol–water partition coefficient (Wildman–Crippen LogP) is 4.14. The predicted molar refractivity (Wildman–Crippen MR) is 69.8 cm³/mol. The Morgan fingerprint density at radius 3 is 2.12 bits per heavy atom.